The van der Waals surface area contributed by atoms with Gasteiger partial charge in [0.2, 0.25) is 5.91 Å². The number of likely N-dealkylation sites (tertiary alicyclic amines) is 1. The van der Waals surface area contributed by atoms with Crippen molar-refractivity contribution < 1.29 is 9.90 Å². The maximum Gasteiger partial charge on any atom is 0.225 e. The topological polar surface area (TPSA) is 45.5 Å². The van der Waals surface area contributed by atoms with Crippen LogP contribution in [0.4, 0.5) is 0 Å². The smallest absolute Gasteiger partial charge is 0.225 e. The van der Waals surface area contributed by atoms with Gasteiger partial charge >= 0.3 is 0 Å². The average Bonchev–Trinajstić information content (AvgIpc) is 3.31. The third kappa shape index (κ3) is 3.54. The highest BCUT2D eigenvalue weighted by atomic mass is 16.3. The zero-order valence-electron chi connectivity index (χ0n) is 17.4. The van der Waals surface area contributed by atoms with Crippen LogP contribution in [0.2, 0.25) is 0 Å². The Labute approximate surface area is 178 Å². The summed E-state index contributed by atoms with van der Waals surface area (Å²) in [5, 5.41) is 13.4. The predicted octanol–water partition coefficient (Wildman–Crippen LogP) is 4.77. The van der Waals surface area contributed by atoms with E-state index in [0.717, 1.165) is 25.7 Å². The van der Waals surface area contributed by atoms with Crippen molar-refractivity contribution in [1.29, 1.82) is 0 Å². The summed E-state index contributed by atoms with van der Waals surface area (Å²) in [6.07, 6.45) is 9.45. The molecule has 1 aliphatic carbocycles. The monoisotopic (exact) mass is 402 g/mol. The lowest BCUT2D eigenvalue weighted by molar-refractivity contribution is -0.143. The summed E-state index contributed by atoms with van der Waals surface area (Å²) in [5.41, 5.74) is 0.633. The Balaban J connectivity index is 1.42. The van der Waals surface area contributed by atoms with Crippen LogP contribution in [0.5, 0.6) is 0 Å². The molecule has 3 aromatic rings. The highest BCUT2D eigenvalue weighted by molar-refractivity contribution is 5.87. The zero-order chi connectivity index (χ0) is 20.6. The molecule has 0 unspecified atom stereocenters. The first-order chi connectivity index (χ1) is 14.6. The highest BCUT2D eigenvalue weighted by Gasteiger charge is 2.43. The summed E-state index contributed by atoms with van der Waals surface area (Å²) in [5.74, 6) is 0.417. The summed E-state index contributed by atoms with van der Waals surface area (Å²) >= 11 is 0. The summed E-state index contributed by atoms with van der Waals surface area (Å²) in [6, 6.07) is 18.8. The maximum atomic E-state index is 13.4. The van der Waals surface area contributed by atoms with E-state index in [1.165, 1.54) is 16.3 Å². The minimum absolute atomic E-state index is 0.0363. The van der Waals surface area contributed by atoms with Gasteiger partial charge in [0.15, 0.2) is 0 Å². The highest BCUT2D eigenvalue weighted by Crippen LogP contribution is 2.40. The van der Waals surface area contributed by atoms with Gasteiger partial charge in [0.25, 0.3) is 0 Å². The zero-order valence-corrected chi connectivity index (χ0v) is 17.4. The lowest BCUT2D eigenvalue weighted by atomic mass is 9.71. The molecule has 0 bridgehead atoms. The Hall–Kier alpha value is -2.59. The summed E-state index contributed by atoms with van der Waals surface area (Å²) < 4.78 is 2.15. The van der Waals surface area contributed by atoms with Gasteiger partial charge in [-0.05, 0) is 47.7 Å². The van der Waals surface area contributed by atoms with Crippen LogP contribution in [0.25, 0.3) is 10.8 Å². The second-order valence-corrected chi connectivity index (χ2v) is 9.05. The molecule has 4 nitrogen and oxygen atoms in total. The van der Waals surface area contributed by atoms with Crippen molar-refractivity contribution in [2.75, 3.05) is 13.1 Å². The van der Waals surface area contributed by atoms with Crippen LogP contribution < -0.4 is 0 Å². The SMILES string of the molecule is O=C(C[C@H](c1cccc2ccccc12)n1cccc1)N1CC[C@]2(O)CCCC[C@H]2C1. The Morgan fingerprint density at radius 2 is 1.83 bits per heavy atom. The minimum atomic E-state index is -0.551. The van der Waals surface area contributed by atoms with Gasteiger partial charge in [0.05, 0.1) is 18.1 Å². The molecule has 0 spiro atoms. The second-order valence-electron chi connectivity index (χ2n) is 9.05. The molecule has 3 atom stereocenters. The molecule has 4 heteroatoms. The third-order valence-electron chi connectivity index (χ3n) is 7.32. The van der Waals surface area contributed by atoms with Crippen LogP contribution in [0, 0.1) is 5.92 Å². The number of rotatable bonds is 4. The molecule has 1 aliphatic heterocycles. The van der Waals surface area contributed by atoms with E-state index >= 15 is 0 Å². The van der Waals surface area contributed by atoms with E-state index in [9.17, 15) is 9.90 Å². The van der Waals surface area contributed by atoms with Crippen molar-refractivity contribution in [3.63, 3.8) is 0 Å². The Bertz CT molecular complexity index is 1020. The van der Waals surface area contributed by atoms with E-state index in [2.05, 4.69) is 59.4 Å². The first-order valence-corrected chi connectivity index (χ1v) is 11.2. The van der Waals surface area contributed by atoms with Gasteiger partial charge in [-0.25, -0.2) is 0 Å². The Kier molecular flexibility index (Phi) is 5.11. The van der Waals surface area contributed by atoms with Gasteiger partial charge in [0.1, 0.15) is 0 Å². The molecule has 5 rings (SSSR count). The fourth-order valence-electron chi connectivity index (χ4n) is 5.56. The number of carbonyl (C=O) groups excluding carboxylic acids is 1. The Morgan fingerprint density at radius 1 is 1.03 bits per heavy atom. The maximum absolute atomic E-state index is 13.4. The van der Waals surface area contributed by atoms with Crippen molar-refractivity contribution in [2.24, 2.45) is 5.92 Å². The van der Waals surface area contributed by atoms with Crippen LogP contribution in [-0.4, -0.2) is 39.2 Å². The standard InChI is InChI=1S/C26H30N2O2/c29-25(28-17-14-26(30)13-4-3-10-21(26)19-28)18-24(27-15-5-6-16-27)23-12-7-9-20-8-1-2-11-22(20)23/h1-2,5-9,11-12,15-16,21,24,30H,3-4,10,13-14,17-19H2/t21-,24+,26+/m0/s1. The van der Waals surface area contributed by atoms with Crippen LogP contribution in [0.1, 0.15) is 50.1 Å². The van der Waals surface area contributed by atoms with E-state index in [4.69, 9.17) is 0 Å². The number of piperidine rings is 1. The molecule has 2 aromatic carbocycles. The summed E-state index contributed by atoms with van der Waals surface area (Å²) in [7, 11) is 0. The number of aromatic nitrogens is 1. The Morgan fingerprint density at radius 3 is 2.70 bits per heavy atom. The molecule has 2 aliphatic rings. The largest absolute Gasteiger partial charge is 0.389 e. The van der Waals surface area contributed by atoms with E-state index in [1.807, 2.05) is 17.0 Å². The van der Waals surface area contributed by atoms with E-state index in [-0.39, 0.29) is 17.9 Å². The summed E-state index contributed by atoms with van der Waals surface area (Å²) in [6.45, 7) is 1.36. The summed E-state index contributed by atoms with van der Waals surface area (Å²) in [4.78, 5) is 15.4. The molecule has 2 heterocycles. The van der Waals surface area contributed by atoms with E-state index in [0.29, 0.717) is 25.9 Å². The van der Waals surface area contributed by atoms with Crippen molar-refractivity contribution in [2.45, 2.75) is 50.2 Å². The number of hydrogen-bond donors (Lipinski definition) is 1. The number of amides is 1. The molecular weight excluding hydrogens is 372 g/mol. The van der Waals surface area contributed by atoms with Crippen molar-refractivity contribution >= 4 is 16.7 Å². The molecule has 30 heavy (non-hydrogen) atoms. The van der Waals surface area contributed by atoms with Gasteiger partial charge in [0, 0.05) is 31.4 Å². The van der Waals surface area contributed by atoms with Crippen LogP contribution in [-0.2, 0) is 4.79 Å². The minimum Gasteiger partial charge on any atom is -0.389 e. The fraction of sp³-hybridized carbons (Fsp3) is 0.423. The molecule has 1 amide bonds. The number of fused-ring (bicyclic) bond motifs is 2. The lowest BCUT2D eigenvalue weighted by Crippen LogP contribution is -2.54. The molecule has 1 saturated heterocycles. The first kappa shape index (κ1) is 19.4. The molecule has 1 saturated carbocycles. The van der Waals surface area contributed by atoms with Crippen molar-refractivity contribution in [3.05, 3.63) is 72.6 Å². The fourth-order valence-corrected chi connectivity index (χ4v) is 5.56. The average molecular weight is 403 g/mol. The quantitative estimate of drug-likeness (QED) is 0.683. The van der Waals surface area contributed by atoms with Gasteiger partial charge in [-0.1, -0.05) is 55.3 Å². The predicted molar refractivity (Wildman–Crippen MR) is 119 cm³/mol. The number of benzene rings is 2. The molecule has 1 aromatic heterocycles. The normalized spacial score (nSPS) is 25.1. The molecule has 156 valence electrons. The van der Waals surface area contributed by atoms with Gasteiger partial charge in [-0.2, -0.15) is 0 Å². The van der Waals surface area contributed by atoms with Gasteiger partial charge in [-0.15, -0.1) is 0 Å². The van der Waals surface area contributed by atoms with Gasteiger partial charge < -0.3 is 14.6 Å². The number of hydrogen-bond acceptors (Lipinski definition) is 2. The third-order valence-corrected chi connectivity index (χ3v) is 7.32. The lowest BCUT2D eigenvalue weighted by Gasteiger charge is -2.47. The van der Waals surface area contributed by atoms with E-state index < -0.39 is 5.60 Å². The first-order valence-electron chi connectivity index (χ1n) is 11.2. The second kappa shape index (κ2) is 7.92. The van der Waals surface area contributed by atoms with E-state index in [1.54, 1.807) is 0 Å². The van der Waals surface area contributed by atoms with Crippen LogP contribution >= 0.6 is 0 Å². The number of aliphatic hydroxyl groups is 1. The van der Waals surface area contributed by atoms with Gasteiger partial charge in [-0.3, -0.25) is 4.79 Å². The molecule has 2 fully saturated rings. The van der Waals surface area contributed by atoms with Crippen molar-refractivity contribution in [3.8, 4) is 0 Å². The molecule has 1 N–H and O–H groups in total. The number of carbonyl (C=O) groups is 1. The molecular formula is C26H30N2O2. The van der Waals surface area contributed by atoms with Crippen LogP contribution in [0.15, 0.2) is 67.0 Å². The van der Waals surface area contributed by atoms with Crippen LogP contribution in [0.3, 0.4) is 0 Å². The number of nitrogens with zero attached hydrogens (tertiary/aromatic N) is 2. The van der Waals surface area contributed by atoms with Crippen molar-refractivity contribution in [1.82, 2.24) is 9.47 Å². The molecule has 0 radical (unpaired) electrons.